The fourth-order valence-corrected chi connectivity index (χ4v) is 3.44. The molecule has 0 spiro atoms. The molecule has 1 aliphatic carbocycles. The van der Waals surface area contributed by atoms with Crippen molar-refractivity contribution in [1.82, 2.24) is 5.32 Å². The number of hydrogen-bond acceptors (Lipinski definition) is 2. The third kappa shape index (κ3) is 5.03. The van der Waals surface area contributed by atoms with E-state index in [2.05, 4.69) is 50.4 Å². The second-order valence-electron chi connectivity index (χ2n) is 6.57. The van der Waals surface area contributed by atoms with E-state index in [0.717, 1.165) is 18.2 Å². The van der Waals surface area contributed by atoms with Gasteiger partial charge in [-0.3, -0.25) is 0 Å². The lowest BCUT2D eigenvalue weighted by Crippen LogP contribution is -2.36. The molecule has 118 valence electrons. The van der Waals surface area contributed by atoms with Crippen molar-refractivity contribution in [2.75, 3.05) is 0 Å². The Hall–Kier alpha value is -1.02. The van der Waals surface area contributed by atoms with E-state index in [1.807, 2.05) is 0 Å². The van der Waals surface area contributed by atoms with E-state index in [-0.39, 0.29) is 6.10 Å². The molecular weight excluding hydrogens is 258 g/mol. The van der Waals surface area contributed by atoms with Crippen LogP contribution in [-0.4, -0.2) is 12.1 Å². The monoisotopic (exact) mass is 289 g/mol. The fourth-order valence-electron chi connectivity index (χ4n) is 3.44. The predicted octanol–water partition coefficient (Wildman–Crippen LogP) is 4.92. The van der Waals surface area contributed by atoms with Crippen LogP contribution in [0.25, 0.3) is 0 Å². The second-order valence-corrected chi connectivity index (χ2v) is 6.57. The number of nitrogens with one attached hydrogen (secondary N) is 1. The maximum Gasteiger partial charge on any atom is 0.124 e. The van der Waals surface area contributed by atoms with Crippen molar-refractivity contribution in [2.24, 2.45) is 5.92 Å². The topological polar surface area (TPSA) is 21.3 Å². The molecule has 1 aromatic rings. The van der Waals surface area contributed by atoms with Gasteiger partial charge in [-0.15, -0.1) is 0 Å². The van der Waals surface area contributed by atoms with Crippen LogP contribution < -0.4 is 10.1 Å². The second kappa shape index (κ2) is 8.43. The predicted molar refractivity (Wildman–Crippen MR) is 89.7 cm³/mol. The van der Waals surface area contributed by atoms with E-state index in [0.29, 0.717) is 6.04 Å². The Bertz CT molecular complexity index is 410. The van der Waals surface area contributed by atoms with Gasteiger partial charge in [0.15, 0.2) is 0 Å². The molecule has 0 bridgehead atoms. The van der Waals surface area contributed by atoms with Crippen LogP contribution in [0.3, 0.4) is 0 Å². The van der Waals surface area contributed by atoms with Gasteiger partial charge < -0.3 is 10.1 Å². The lowest BCUT2D eigenvalue weighted by atomic mass is 9.83. The Balaban J connectivity index is 1.94. The zero-order valence-corrected chi connectivity index (χ0v) is 13.9. The van der Waals surface area contributed by atoms with Gasteiger partial charge in [0.25, 0.3) is 0 Å². The molecule has 0 amide bonds. The van der Waals surface area contributed by atoms with Gasteiger partial charge in [0.05, 0.1) is 6.10 Å². The first-order chi connectivity index (χ1) is 10.2. The smallest absolute Gasteiger partial charge is 0.124 e. The number of ether oxygens (including phenoxy) is 1. The Kier molecular flexibility index (Phi) is 6.56. The summed E-state index contributed by atoms with van der Waals surface area (Å²) in [6.07, 6.45) is 8.50. The average Bonchev–Trinajstić information content (AvgIpc) is 2.50. The Morgan fingerprint density at radius 2 is 1.86 bits per heavy atom. The summed E-state index contributed by atoms with van der Waals surface area (Å²) in [5.74, 6) is 1.89. The zero-order chi connectivity index (χ0) is 15.1. The summed E-state index contributed by atoms with van der Waals surface area (Å²) < 4.78 is 5.92. The van der Waals surface area contributed by atoms with Gasteiger partial charge in [-0.1, -0.05) is 44.4 Å². The highest BCUT2D eigenvalue weighted by atomic mass is 16.5. The van der Waals surface area contributed by atoms with E-state index in [9.17, 15) is 0 Å². The van der Waals surface area contributed by atoms with Gasteiger partial charge in [0.1, 0.15) is 5.75 Å². The van der Waals surface area contributed by atoms with E-state index < -0.39 is 0 Å². The van der Waals surface area contributed by atoms with E-state index in [4.69, 9.17) is 4.74 Å². The van der Waals surface area contributed by atoms with E-state index in [1.165, 1.54) is 44.1 Å². The van der Waals surface area contributed by atoms with Gasteiger partial charge in [-0.2, -0.15) is 0 Å². The van der Waals surface area contributed by atoms with Crippen molar-refractivity contribution < 1.29 is 4.74 Å². The molecule has 0 heterocycles. The highest BCUT2D eigenvalue weighted by molar-refractivity contribution is 5.33. The molecule has 2 rings (SSSR count). The van der Waals surface area contributed by atoms with Crippen LogP contribution in [0.15, 0.2) is 24.3 Å². The molecule has 1 atom stereocenters. The standard InChI is InChI=1S/C19H31NO/c1-4-18(16-10-6-5-7-11-16)20-14-17-12-8-9-13-19(17)21-15(2)3/h8-9,12-13,15-16,18,20H,4-7,10-11,14H2,1-3H3. The van der Waals surface area contributed by atoms with Gasteiger partial charge in [0.2, 0.25) is 0 Å². The van der Waals surface area contributed by atoms with Crippen LogP contribution in [0.4, 0.5) is 0 Å². The maximum absolute atomic E-state index is 5.92. The van der Waals surface area contributed by atoms with Gasteiger partial charge in [-0.25, -0.2) is 0 Å². The molecule has 1 unspecified atom stereocenters. The number of hydrogen-bond donors (Lipinski definition) is 1. The lowest BCUT2D eigenvalue weighted by molar-refractivity contribution is 0.235. The first-order valence-corrected chi connectivity index (χ1v) is 8.68. The van der Waals surface area contributed by atoms with Crippen molar-refractivity contribution in [3.63, 3.8) is 0 Å². The average molecular weight is 289 g/mol. The van der Waals surface area contributed by atoms with Crippen molar-refractivity contribution in [3.05, 3.63) is 29.8 Å². The van der Waals surface area contributed by atoms with Crippen LogP contribution in [0.2, 0.25) is 0 Å². The van der Waals surface area contributed by atoms with Crippen LogP contribution in [0.1, 0.15) is 64.9 Å². The van der Waals surface area contributed by atoms with Gasteiger partial charge in [-0.05, 0) is 45.1 Å². The van der Waals surface area contributed by atoms with Crippen molar-refractivity contribution in [3.8, 4) is 5.75 Å². The first kappa shape index (κ1) is 16.4. The van der Waals surface area contributed by atoms with Crippen LogP contribution in [0.5, 0.6) is 5.75 Å². The highest BCUT2D eigenvalue weighted by Gasteiger charge is 2.22. The van der Waals surface area contributed by atoms with Crippen molar-refractivity contribution in [1.29, 1.82) is 0 Å². The molecule has 2 heteroatoms. The molecule has 0 saturated heterocycles. The van der Waals surface area contributed by atoms with Gasteiger partial charge in [0, 0.05) is 18.2 Å². The largest absolute Gasteiger partial charge is 0.491 e. The van der Waals surface area contributed by atoms with Crippen LogP contribution in [-0.2, 0) is 6.54 Å². The van der Waals surface area contributed by atoms with E-state index >= 15 is 0 Å². The summed E-state index contributed by atoms with van der Waals surface area (Å²) in [6.45, 7) is 7.39. The molecule has 1 aliphatic rings. The lowest BCUT2D eigenvalue weighted by Gasteiger charge is -2.30. The SMILES string of the molecule is CCC(NCc1ccccc1OC(C)C)C1CCCCC1. The fraction of sp³-hybridized carbons (Fsp3) is 0.684. The summed E-state index contributed by atoms with van der Waals surface area (Å²) in [5.41, 5.74) is 1.28. The summed E-state index contributed by atoms with van der Waals surface area (Å²) in [4.78, 5) is 0. The Morgan fingerprint density at radius 3 is 2.52 bits per heavy atom. The summed E-state index contributed by atoms with van der Waals surface area (Å²) >= 11 is 0. The van der Waals surface area contributed by atoms with Crippen LogP contribution in [0, 0.1) is 5.92 Å². The molecule has 1 aromatic carbocycles. The quantitative estimate of drug-likeness (QED) is 0.769. The third-order valence-electron chi connectivity index (χ3n) is 4.55. The van der Waals surface area contributed by atoms with Crippen molar-refractivity contribution >= 4 is 0 Å². The Labute approximate surface area is 130 Å². The minimum absolute atomic E-state index is 0.228. The number of benzene rings is 1. The number of para-hydroxylation sites is 1. The molecule has 1 saturated carbocycles. The summed E-state index contributed by atoms with van der Waals surface area (Å²) in [7, 11) is 0. The van der Waals surface area contributed by atoms with Crippen LogP contribution >= 0.6 is 0 Å². The Morgan fingerprint density at radius 1 is 1.14 bits per heavy atom. The zero-order valence-electron chi connectivity index (χ0n) is 13.9. The van der Waals surface area contributed by atoms with Crippen molar-refractivity contribution in [2.45, 2.75) is 78.0 Å². The molecule has 21 heavy (non-hydrogen) atoms. The third-order valence-corrected chi connectivity index (χ3v) is 4.55. The highest BCUT2D eigenvalue weighted by Crippen LogP contribution is 2.28. The molecule has 1 N–H and O–H groups in total. The first-order valence-electron chi connectivity index (χ1n) is 8.68. The molecule has 0 aliphatic heterocycles. The summed E-state index contributed by atoms with van der Waals surface area (Å²) in [5, 5.41) is 3.79. The minimum Gasteiger partial charge on any atom is -0.491 e. The molecule has 2 nitrogen and oxygen atoms in total. The summed E-state index contributed by atoms with van der Waals surface area (Å²) in [6, 6.07) is 9.07. The van der Waals surface area contributed by atoms with Gasteiger partial charge >= 0.3 is 0 Å². The van der Waals surface area contributed by atoms with E-state index in [1.54, 1.807) is 0 Å². The number of rotatable bonds is 7. The molecular formula is C19H31NO. The maximum atomic E-state index is 5.92. The molecule has 0 radical (unpaired) electrons. The molecule has 0 aromatic heterocycles. The minimum atomic E-state index is 0.228. The normalized spacial score (nSPS) is 17.9. The molecule has 1 fully saturated rings.